The monoisotopic (exact) mass is 335 g/mol. The summed E-state index contributed by atoms with van der Waals surface area (Å²) in [7, 11) is 0. The van der Waals surface area contributed by atoms with Gasteiger partial charge in [0.2, 0.25) is 0 Å². The first-order chi connectivity index (χ1) is 11.8. The number of anilines is 1. The van der Waals surface area contributed by atoms with E-state index in [0.717, 1.165) is 28.0 Å². The molecule has 5 heteroatoms. The second-order valence-electron chi connectivity index (χ2n) is 5.35. The van der Waals surface area contributed by atoms with Crippen molar-refractivity contribution in [2.24, 2.45) is 0 Å². The summed E-state index contributed by atoms with van der Waals surface area (Å²) in [5.74, 6) is 2.29. The third-order valence-corrected chi connectivity index (χ3v) is 3.97. The van der Waals surface area contributed by atoms with Crippen molar-refractivity contribution < 1.29 is 4.42 Å². The normalized spacial score (nSPS) is 10.9. The van der Waals surface area contributed by atoms with Gasteiger partial charge in [-0.05, 0) is 48.5 Å². The molecule has 4 aromatic rings. The highest BCUT2D eigenvalue weighted by molar-refractivity contribution is 6.30. The average Bonchev–Trinajstić information content (AvgIpc) is 3.13. The highest BCUT2D eigenvalue weighted by Gasteiger charge is 2.09. The number of hydrogen-bond donors (Lipinski definition) is 1. The summed E-state index contributed by atoms with van der Waals surface area (Å²) in [5.41, 5.74) is 1.81. The number of hydrogen-bond acceptors (Lipinski definition) is 4. The molecule has 0 spiro atoms. The smallest absolute Gasteiger partial charge is 0.162 e. The van der Waals surface area contributed by atoms with Crippen LogP contribution in [0.1, 0.15) is 5.76 Å². The van der Waals surface area contributed by atoms with Crippen LogP contribution in [-0.2, 0) is 6.54 Å². The second kappa shape index (κ2) is 6.34. The van der Waals surface area contributed by atoms with Crippen LogP contribution in [0.15, 0.2) is 71.3 Å². The molecule has 4 nitrogen and oxygen atoms in total. The minimum atomic E-state index is 0.564. The predicted octanol–water partition coefficient (Wildman–Crippen LogP) is 5.16. The van der Waals surface area contributed by atoms with E-state index in [1.54, 1.807) is 6.26 Å². The van der Waals surface area contributed by atoms with Gasteiger partial charge >= 0.3 is 0 Å². The van der Waals surface area contributed by atoms with Gasteiger partial charge in [0.25, 0.3) is 0 Å². The van der Waals surface area contributed by atoms with Crippen LogP contribution < -0.4 is 5.32 Å². The molecule has 0 fully saturated rings. The minimum Gasteiger partial charge on any atom is -0.467 e. The Balaban J connectivity index is 1.76. The summed E-state index contributed by atoms with van der Waals surface area (Å²) in [4.78, 5) is 9.36. The fourth-order valence-corrected chi connectivity index (χ4v) is 2.65. The highest BCUT2D eigenvalue weighted by atomic mass is 35.5. The van der Waals surface area contributed by atoms with Crippen LogP contribution in [0.4, 0.5) is 5.82 Å². The molecule has 0 aliphatic heterocycles. The fraction of sp³-hybridized carbons (Fsp3) is 0.0526. The van der Waals surface area contributed by atoms with Crippen LogP contribution in [0.3, 0.4) is 0 Å². The SMILES string of the molecule is Clc1ccc(-c2nc(NCc3ccco3)c3ccccc3n2)cc1. The van der Waals surface area contributed by atoms with Crippen molar-refractivity contribution in [1.29, 1.82) is 0 Å². The maximum atomic E-state index is 5.97. The molecule has 2 aromatic carbocycles. The molecule has 0 unspecified atom stereocenters. The van der Waals surface area contributed by atoms with E-state index >= 15 is 0 Å². The highest BCUT2D eigenvalue weighted by Crippen LogP contribution is 2.26. The van der Waals surface area contributed by atoms with E-state index in [0.29, 0.717) is 17.4 Å². The Bertz CT molecular complexity index is 966. The largest absolute Gasteiger partial charge is 0.467 e. The number of furan rings is 1. The van der Waals surface area contributed by atoms with E-state index in [1.807, 2.05) is 60.7 Å². The van der Waals surface area contributed by atoms with E-state index in [9.17, 15) is 0 Å². The third-order valence-electron chi connectivity index (χ3n) is 3.72. The summed E-state index contributed by atoms with van der Waals surface area (Å²) < 4.78 is 5.37. The van der Waals surface area contributed by atoms with Crippen molar-refractivity contribution in [3.63, 3.8) is 0 Å². The van der Waals surface area contributed by atoms with E-state index in [1.165, 1.54) is 0 Å². The number of aromatic nitrogens is 2. The first-order valence-corrected chi connectivity index (χ1v) is 7.96. The van der Waals surface area contributed by atoms with Gasteiger partial charge in [-0.15, -0.1) is 0 Å². The minimum absolute atomic E-state index is 0.564. The summed E-state index contributed by atoms with van der Waals surface area (Å²) in [6.45, 7) is 0.564. The molecule has 2 aromatic heterocycles. The number of benzene rings is 2. The molecule has 4 rings (SSSR count). The van der Waals surface area contributed by atoms with E-state index in [-0.39, 0.29) is 0 Å². The molecule has 1 N–H and O–H groups in total. The number of para-hydroxylation sites is 1. The van der Waals surface area contributed by atoms with Gasteiger partial charge in [-0.25, -0.2) is 9.97 Å². The molecular formula is C19H14ClN3O. The Kier molecular flexibility index (Phi) is 3.89. The fourth-order valence-electron chi connectivity index (χ4n) is 2.52. The predicted molar refractivity (Wildman–Crippen MR) is 96.0 cm³/mol. The van der Waals surface area contributed by atoms with Gasteiger partial charge in [-0.3, -0.25) is 0 Å². The summed E-state index contributed by atoms with van der Waals surface area (Å²) in [6.07, 6.45) is 1.66. The Morgan fingerprint density at radius 2 is 1.75 bits per heavy atom. The third kappa shape index (κ3) is 2.96. The molecule has 0 bridgehead atoms. The summed E-state index contributed by atoms with van der Waals surface area (Å²) in [6, 6.07) is 19.2. The van der Waals surface area contributed by atoms with Crippen LogP contribution in [0.2, 0.25) is 5.02 Å². The molecule has 0 saturated carbocycles. The molecule has 0 radical (unpaired) electrons. The molecule has 118 valence electrons. The molecule has 2 heterocycles. The zero-order valence-electron chi connectivity index (χ0n) is 12.7. The maximum absolute atomic E-state index is 5.97. The quantitative estimate of drug-likeness (QED) is 0.560. The van der Waals surface area contributed by atoms with E-state index in [4.69, 9.17) is 21.0 Å². The van der Waals surface area contributed by atoms with Gasteiger partial charge in [0, 0.05) is 16.0 Å². The van der Waals surface area contributed by atoms with Crippen molar-refractivity contribution in [2.75, 3.05) is 5.32 Å². The van der Waals surface area contributed by atoms with Crippen molar-refractivity contribution in [3.8, 4) is 11.4 Å². The lowest BCUT2D eigenvalue weighted by Gasteiger charge is -2.10. The average molecular weight is 336 g/mol. The Morgan fingerprint density at radius 3 is 2.54 bits per heavy atom. The second-order valence-corrected chi connectivity index (χ2v) is 5.79. The molecule has 0 aliphatic carbocycles. The molecule has 24 heavy (non-hydrogen) atoms. The van der Waals surface area contributed by atoms with Crippen molar-refractivity contribution in [1.82, 2.24) is 9.97 Å². The molecule has 0 aliphatic rings. The van der Waals surface area contributed by atoms with Gasteiger partial charge in [0.05, 0.1) is 18.3 Å². The van der Waals surface area contributed by atoms with Gasteiger partial charge in [0.15, 0.2) is 5.82 Å². The number of nitrogens with zero attached hydrogens (tertiary/aromatic N) is 2. The Morgan fingerprint density at radius 1 is 0.917 bits per heavy atom. The molecule has 0 atom stereocenters. The number of halogens is 1. The Labute approximate surface area is 144 Å². The Hall–Kier alpha value is -2.85. The van der Waals surface area contributed by atoms with Gasteiger partial charge < -0.3 is 9.73 Å². The molecule has 0 saturated heterocycles. The summed E-state index contributed by atoms with van der Waals surface area (Å²) >= 11 is 5.97. The first kappa shape index (κ1) is 14.7. The standard InChI is InChI=1S/C19H14ClN3O/c20-14-9-7-13(8-10-14)18-22-17-6-2-1-5-16(17)19(23-18)21-12-15-4-3-11-24-15/h1-11H,12H2,(H,21,22,23). The van der Waals surface area contributed by atoms with Crippen molar-refractivity contribution in [3.05, 3.63) is 77.7 Å². The van der Waals surface area contributed by atoms with Crippen molar-refractivity contribution >= 4 is 28.3 Å². The lowest BCUT2D eigenvalue weighted by atomic mass is 10.2. The molecular weight excluding hydrogens is 322 g/mol. The van der Waals surface area contributed by atoms with Crippen LogP contribution in [-0.4, -0.2) is 9.97 Å². The zero-order chi connectivity index (χ0) is 16.4. The maximum Gasteiger partial charge on any atom is 0.162 e. The van der Waals surface area contributed by atoms with Crippen LogP contribution in [0, 0.1) is 0 Å². The van der Waals surface area contributed by atoms with E-state index < -0.39 is 0 Å². The lowest BCUT2D eigenvalue weighted by molar-refractivity contribution is 0.518. The van der Waals surface area contributed by atoms with Gasteiger partial charge in [-0.1, -0.05) is 23.7 Å². The van der Waals surface area contributed by atoms with Crippen molar-refractivity contribution in [2.45, 2.75) is 6.54 Å². The first-order valence-electron chi connectivity index (χ1n) is 7.58. The zero-order valence-corrected chi connectivity index (χ0v) is 13.5. The van der Waals surface area contributed by atoms with Crippen LogP contribution >= 0.6 is 11.6 Å². The van der Waals surface area contributed by atoms with E-state index in [2.05, 4.69) is 10.3 Å². The number of nitrogens with one attached hydrogen (secondary N) is 1. The van der Waals surface area contributed by atoms with Gasteiger partial charge in [0.1, 0.15) is 11.6 Å². The number of fused-ring (bicyclic) bond motifs is 1. The molecule has 0 amide bonds. The summed E-state index contributed by atoms with van der Waals surface area (Å²) in [5, 5.41) is 5.00. The topological polar surface area (TPSA) is 51.0 Å². The van der Waals surface area contributed by atoms with Crippen LogP contribution in [0.25, 0.3) is 22.3 Å². The lowest BCUT2D eigenvalue weighted by Crippen LogP contribution is -2.03. The van der Waals surface area contributed by atoms with Gasteiger partial charge in [-0.2, -0.15) is 0 Å². The number of rotatable bonds is 4. The van der Waals surface area contributed by atoms with Crippen LogP contribution in [0.5, 0.6) is 0 Å².